The monoisotopic (exact) mass is 255 g/mol. The van der Waals surface area contributed by atoms with E-state index in [9.17, 15) is 9.18 Å². The van der Waals surface area contributed by atoms with Gasteiger partial charge in [-0.05, 0) is 31.0 Å². The lowest BCUT2D eigenvalue weighted by Crippen LogP contribution is -2.44. The number of carboxylic acid groups (broad SMARTS) is 1. The molecule has 0 spiro atoms. The van der Waals surface area contributed by atoms with Crippen LogP contribution in [0.5, 0.6) is 0 Å². The summed E-state index contributed by atoms with van der Waals surface area (Å²) in [6, 6.07) is 5.82. The van der Waals surface area contributed by atoms with Gasteiger partial charge in [0.25, 0.3) is 0 Å². The van der Waals surface area contributed by atoms with Crippen LogP contribution in [-0.4, -0.2) is 27.7 Å². The predicted molar refractivity (Wildman–Crippen MR) is 65.5 cm³/mol. The van der Waals surface area contributed by atoms with Crippen molar-refractivity contribution in [3.63, 3.8) is 0 Å². The Labute approximate surface area is 103 Å². The number of hydrogen-bond donors (Lipinski definition) is 2. The zero-order valence-electron chi connectivity index (χ0n) is 9.44. The van der Waals surface area contributed by atoms with Gasteiger partial charge < -0.3 is 5.11 Å². The average molecular weight is 255 g/mol. The Bertz CT molecular complexity index is 423. The van der Waals surface area contributed by atoms with Crippen LogP contribution in [0.25, 0.3) is 0 Å². The summed E-state index contributed by atoms with van der Waals surface area (Å²) in [6.45, 7) is 1.98. The van der Waals surface area contributed by atoms with Gasteiger partial charge in [-0.15, -0.1) is 11.8 Å². The molecule has 2 unspecified atom stereocenters. The molecule has 0 radical (unpaired) electrons. The van der Waals surface area contributed by atoms with E-state index < -0.39 is 12.0 Å². The number of aliphatic carboxylic acids is 1. The van der Waals surface area contributed by atoms with Gasteiger partial charge >= 0.3 is 5.97 Å². The maximum absolute atomic E-state index is 12.8. The molecule has 2 atom stereocenters. The zero-order chi connectivity index (χ0) is 12.5. The number of rotatable bonds is 3. The lowest BCUT2D eigenvalue weighted by Gasteiger charge is -2.24. The topological polar surface area (TPSA) is 49.3 Å². The Hall–Kier alpha value is -1.07. The molecular formula is C12H14FNO2S. The molecule has 0 aromatic heterocycles. The molecule has 2 N–H and O–H groups in total. The van der Waals surface area contributed by atoms with Gasteiger partial charge in [0.1, 0.15) is 11.9 Å². The summed E-state index contributed by atoms with van der Waals surface area (Å²) in [5.41, 5.74) is 1.000. The Morgan fingerprint density at radius 3 is 2.76 bits per heavy atom. The highest BCUT2D eigenvalue weighted by Crippen LogP contribution is 2.33. The summed E-state index contributed by atoms with van der Waals surface area (Å²) in [5.74, 6) is -0.512. The highest BCUT2D eigenvalue weighted by atomic mass is 32.2. The first kappa shape index (κ1) is 12.4. The molecule has 1 aromatic carbocycles. The molecule has 0 aliphatic carbocycles. The molecule has 17 heavy (non-hydrogen) atoms. The Morgan fingerprint density at radius 1 is 1.59 bits per heavy atom. The molecule has 0 saturated carbocycles. The summed E-state index contributed by atoms with van der Waals surface area (Å²) < 4.78 is 12.8. The first-order chi connectivity index (χ1) is 7.98. The molecule has 5 heteroatoms. The molecule has 1 aliphatic rings. The first-order valence-electron chi connectivity index (χ1n) is 5.37. The number of carbonyl (C=O) groups is 1. The fourth-order valence-corrected chi connectivity index (χ4v) is 3.20. The van der Waals surface area contributed by atoms with Crippen LogP contribution in [0.2, 0.25) is 0 Å². The van der Waals surface area contributed by atoms with Crippen LogP contribution in [0.4, 0.5) is 4.39 Å². The van der Waals surface area contributed by atoms with Gasteiger partial charge in [0.2, 0.25) is 0 Å². The van der Waals surface area contributed by atoms with Crippen molar-refractivity contribution in [3.05, 3.63) is 35.6 Å². The quantitative estimate of drug-likeness (QED) is 0.865. The second-order valence-electron chi connectivity index (χ2n) is 4.38. The summed E-state index contributed by atoms with van der Waals surface area (Å²) in [4.78, 5) is 10.6. The van der Waals surface area contributed by atoms with Gasteiger partial charge in [-0.1, -0.05) is 12.1 Å². The molecule has 3 nitrogen and oxygen atoms in total. The SMILES string of the molecule is CC1(Cc2ccc(F)cc2)NC(C(=O)O)CS1. The van der Waals surface area contributed by atoms with Crippen LogP contribution in [0.3, 0.4) is 0 Å². The van der Waals surface area contributed by atoms with Gasteiger partial charge in [-0.3, -0.25) is 10.1 Å². The van der Waals surface area contributed by atoms with E-state index in [1.807, 2.05) is 6.92 Å². The maximum Gasteiger partial charge on any atom is 0.321 e. The maximum atomic E-state index is 12.8. The summed E-state index contributed by atoms with van der Waals surface area (Å²) in [5, 5.41) is 12.0. The number of nitrogens with one attached hydrogen (secondary N) is 1. The lowest BCUT2D eigenvalue weighted by molar-refractivity contribution is -0.138. The molecule has 1 saturated heterocycles. The summed E-state index contributed by atoms with van der Waals surface area (Å²) in [6.07, 6.45) is 0.682. The second-order valence-corrected chi connectivity index (χ2v) is 5.90. The molecular weight excluding hydrogens is 241 g/mol. The minimum absolute atomic E-state index is 0.255. The molecule has 1 heterocycles. The zero-order valence-corrected chi connectivity index (χ0v) is 10.3. The minimum atomic E-state index is -0.819. The third-order valence-electron chi connectivity index (χ3n) is 2.80. The summed E-state index contributed by atoms with van der Waals surface area (Å²) >= 11 is 1.59. The first-order valence-corrected chi connectivity index (χ1v) is 6.36. The predicted octanol–water partition coefficient (Wildman–Crippen LogP) is 1.87. The molecule has 0 bridgehead atoms. The third-order valence-corrected chi connectivity index (χ3v) is 4.20. The van der Waals surface area contributed by atoms with E-state index in [1.165, 1.54) is 12.1 Å². The fraction of sp³-hybridized carbons (Fsp3) is 0.417. The van der Waals surface area contributed by atoms with E-state index in [1.54, 1.807) is 23.9 Å². The third kappa shape index (κ3) is 2.98. The van der Waals surface area contributed by atoms with Gasteiger partial charge in [-0.2, -0.15) is 0 Å². The van der Waals surface area contributed by atoms with Crippen molar-refractivity contribution in [1.82, 2.24) is 5.32 Å². The molecule has 2 rings (SSSR count). The van der Waals surface area contributed by atoms with Crippen molar-refractivity contribution < 1.29 is 14.3 Å². The van der Waals surface area contributed by atoms with Crippen molar-refractivity contribution >= 4 is 17.7 Å². The minimum Gasteiger partial charge on any atom is -0.480 e. The van der Waals surface area contributed by atoms with E-state index in [0.717, 1.165) is 5.56 Å². The Morgan fingerprint density at radius 2 is 2.24 bits per heavy atom. The van der Waals surface area contributed by atoms with Crippen LogP contribution in [0.15, 0.2) is 24.3 Å². The smallest absolute Gasteiger partial charge is 0.321 e. The van der Waals surface area contributed by atoms with E-state index in [-0.39, 0.29) is 10.7 Å². The van der Waals surface area contributed by atoms with Crippen LogP contribution >= 0.6 is 11.8 Å². The number of benzene rings is 1. The number of halogens is 1. The van der Waals surface area contributed by atoms with Crippen molar-refractivity contribution in [2.24, 2.45) is 0 Å². The highest BCUT2D eigenvalue weighted by molar-refractivity contribution is 8.00. The molecule has 92 valence electrons. The normalized spacial score (nSPS) is 28.2. The van der Waals surface area contributed by atoms with E-state index in [4.69, 9.17) is 5.11 Å². The fourth-order valence-electron chi connectivity index (χ4n) is 1.95. The Balaban J connectivity index is 2.04. The second kappa shape index (κ2) is 4.66. The number of carboxylic acids is 1. The van der Waals surface area contributed by atoms with E-state index in [2.05, 4.69) is 5.32 Å². The molecule has 0 amide bonds. The Kier molecular flexibility index (Phi) is 3.40. The largest absolute Gasteiger partial charge is 0.480 e. The van der Waals surface area contributed by atoms with Crippen molar-refractivity contribution in [1.29, 1.82) is 0 Å². The number of hydrogen-bond acceptors (Lipinski definition) is 3. The van der Waals surface area contributed by atoms with E-state index in [0.29, 0.717) is 12.2 Å². The van der Waals surface area contributed by atoms with Crippen molar-refractivity contribution in [2.75, 3.05) is 5.75 Å². The standard InChI is InChI=1S/C12H14FNO2S/c1-12(14-10(7-17-12)11(15)16)6-8-2-4-9(13)5-3-8/h2-5,10,14H,6-7H2,1H3,(H,15,16). The molecule has 1 fully saturated rings. The lowest BCUT2D eigenvalue weighted by atomic mass is 10.1. The van der Waals surface area contributed by atoms with Crippen LogP contribution in [0.1, 0.15) is 12.5 Å². The van der Waals surface area contributed by atoms with Crippen LogP contribution in [0, 0.1) is 5.82 Å². The van der Waals surface area contributed by atoms with Gasteiger partial charge in [0, 0.05) is 5.75 Å². The average Bonchev–Trinajstić information content (AvgIpc) is 2.65. The van der Waals surface area contributed by atoms with Gasteiger partial charge in [0.05, 0.1) is 4.87 Å². The van der Waals surface area contributed by atoms with Crippen LogP contribution < -0.4 is 5.32 Å². The van der Waals surface area contributed by atoms with Crippen molar-refractivity contribution in [2.45, 2.75) is 24.3 Å². The van der Waals surface area contributed by atoms with E-state index >= 15 is 0 Å². The van der Waals surface area contributed by atoms with Crippen molar-refractivity contribution in [3.8, 4) is 0 Å². The number of thioether (sulfide) groups is 1. The van der Waals surface area contributed by atoms with Crippen LogP contribution in [-0.2, 0) is 11.2 Å². The molecule has 1 aliphatic heterocycles. The summed E-state index contributed by atoms with van der Waals surface area (Å²) in [7, 11) is 0. The molecule has 1 aromatic rings. The highest BCUT2D eigenvalue weighted by Gasteiger charge is 2.38. The van der Waals surface area contributed by atoms with Gasteiger partial charge in [-0.25, -0.2) is 4.39 Å². The van der Waals surface area contributed by atoms with Gasteiger partial charge in [0.15, 0.2) is 0 Å².